The van der Waals surface area contributed by atoms with Crippen LogP contribution in [-0.4, -0.2) is 34.9 Å². The van der Waals surface area contributed by atoms with E-state index in [9.17, 15) is 9.59 Å². The largest absolute Gasteiger partial charge is 0.493 e. The van der Waals surface area contributed by atoms with Crippen LogP contribution in [0.15, 0.2) is 54.7 Å². The summed E-state index contributed by atoms with van der Waals surface area (Å²) in [4.78, 5) is 25.1. The summed E-state index contributed by atoms with van der Waals surface area (Å²) in [5.74, 6) is -0.851. The number of methoxy groups -OCH3 is 1. The van der Waals surface area contributed by atoms with Gasteiger partial charge in [0.1, 0.15) is 0 Å². The third-order valence-corrected chi connectivity index (χ3v) is 5.13. The van der Waals surface area contributed by atoms with Gasteiger partial charge in [-0.15, -0.1) is 0 Å². The standard InChI is InChI=1S/C23H23N3O4/c1-15(22(27)24-18-12-11-16-7-6-8-17(16)13-18)30-23(28)21-20(29-2)14-26(25-21)19-9-4-3-5-10-19/h3-5,9-15H,6-8H2,1-2H3,(H,24,27)/t15-/m0/s1. The number of amides is 1. The van der Waals surface area contributed by atoms with Crippen LogP contribution in [0.3, 0.4) is 0 Å². The van der Waals surface area contributed by atoms with Crippen molar-refractivity contribution in [1.29, 1.82) is 0 Å². The molecular weight excluding hydrogens is 382 g/mol. The summed E-state index contributed by atoms with van der Waals surface area (Å²) < 4.78 is 12.1. The number of nitrogens with one attached hydrogen (secondary N) is 1. The van der Waals surface area contributed by atoms with Gasteiger partial charge in [-0.2, -0.15) is 5.10 Å². The van der Waals surface area contributed by atoms with Crippen LogP contribution in [0, 0.1) is 0 Å². The lowest BCUT2D eigenvalue weighted by Crippen LogP contribution is -2.30. The highest BCUT2D eigenvalue weighted by Crippen LogP contribution is 2.25. The SMILES string of the molecule is COc1cn(-c2ccccc2)nc1C(=O)O[C@@H](C)C(=O)Nc1ccc2c(c1)CCC2. The second-order valence-corrected chi connectivity index (χ2v) is 7.20. The molecule has 0 spiro atoms. The third-order valence-electron chi connectivity index (χ3n) is 5.13. The zero-order chi connectivity index (χ0) is 21.1. The molecule has 7 heteroatoms. The topological polar surface area (TPSA) is 82.5 Å². The van der Waals surface area contributed by atoms with E-state index in [1.54, 1.807) is 6.20 Å². The molecule has 3 aromatic rings. The van der Waals surface area contributed by atoms with E-state index >= 15 is 0 Å². The normalized spacial score (nSPS) is 13.4. The molecule has 1 amide bonds. The summed E-state index contributed by atoms with van der Waals surface area (Å²) in [6.07, 6.45) is 3.85. The van der Waals surface area contributed by atoms with E-state index in [0.29, 0.717) is 5.69 Å². The van der Waals surface area contributed by atoms with E-state index in [-0.39, 0.29) is 11.4 Å². The van der Waals surface area contributed by atoms with Gasteiger partial charge in [0.2, 0.25) is 5.69 Å². The number of esters is 1. The summed E-state index contributed by atoms with van der Waals surface area (Å²) in [7, 11) is 1.45. The molecule has 0 saturated carbocycles. The molecule has 154 valence electrons. The molecule has 1 aliphatic rings. The van der Waals surface area contributed by atoms with Crippen molar-refractivity contribution in [3.05, 3.63) is 71.5 Å². The van der Waals surface area contributed by atoms with E-state index in [1.807, 2.05) is 48.5 Å². The Kier molecular flexibility index (Phi) is 5.52. The van der Waals surface area contributed by atoms with E-state index in [4.69, 9.17) is 9.47 Å². The third kappa shape index (κ3) is 4.05. The van der Waals surface area contributed by atoms with Crippen molar-refractivity contribution < 1.29 is 19.1 Å². The zero-order valence-electron chi connectivity index (χ0n) is 16.9. The number of hydrogen-bond acceptors (Lipinski definition) is 5. The molecule has 1 N–H and O–H groups in total. The molecule has 1 aromatic heterocycles. The number of hydrogen-bond donors (Lipinski definition) is 1. The summed E-state index contributed by atoms with van der Waals surface area (Å²) in [5, 5.41) is 7.09. The quantitative estimate of drug-likeness (QED) is 0.634. The van der Waals surface area contributed by atoms with E-state index < -0.39 is 18.0 Å². The highest BCUT2D eigenvalue weighted by Gasteiger charge is 2.25. The minimum absolute atomic E-state index is 0.0125. The van der Waals surface area contributed by atoms with Crippen LogP contribution in [0.1, 0.15) is 35.0 Å². The Bertz CT molecular complexity index is 1080. The summed E-state index contributed by atoms with van der Waals surface area (Å²) in [5.41, 5.74) is 4.08. The first-order chi connectivity index (χ1) is 14.5. The summed E-state index contributed by atoms with van der Waals surface area (Å²) in [6.45, 7) is 1.53. The van der Waals surface area contributed by atoms with Crippen LogP contribution in [-0.2, 0) is 22.4 Å². The number of fused-ring (bicyclic) bond motifs is 1. The van der Waals surface area contributed by atoms with Gasteiger partial charge in [0.05, 0.1) is 19.0 Å². The number of para-hydroxylation sites is 1. The monoisotopic (exact) mass is 405 g/mol. The lowest BCUT2D eigenvalue weighted by atomic mass is 10.1. The van der Waals surface area contributed by atoms with Gasteiger partial charge in [0, 0.05) is 5.69 Å². The second kappa shape index (κ2) is 8.41. The predicted molar refractivity (Wildman–Crippen MR) is 112 cm³/mol. The summed E-state index contributed by atoms with van der Waals surface area (Å²) >= 11 is 0. The van der Waals surface area contributed by atoms with Crippen molar-refractivity contribution in [3.63, 3.8) is 0 Å². The number of carbonyl (C=O) groups excluding carboxylic acids is 2. The Hall–Kier alpha value is -3.61. The molecule has 30 heavy (non-hydrogen) atoms. The first kappa shape index (κ1) is 19.7. The fourth-order valence-electron chi connectivity index (χ4n) is 3.53. The average molecular weight is 405 g/mol. The smallest absolute Gasteiger partial charge is 0.363 e. The molecule has 0 saturated heterocycles. The number of aryl methyl sites for hydroxylation is 2. The molecule has 1 heterocycles. The van der Waals surface area contributed by atoms with Crippen molar-refractivity contribution >= 4 is 17.6 Å². The Morgan fingerprint density at radius 2 is 1.87 bits per heavy atom. The lowest BCUT2D eigenvalue weighted by molar-refractivity contribution is -0.123. The highest BCUT2D eigenvalue weighted by atomic mass is 16.6. The van der Waals surface area contributed by atoms with Gasteiger partial charge in [-0.25, -0.2) is 9.48 Å². The number of rotatable bonds is 6. The molecule has 1 aliphatic carbocycles. The Balaban J connectivity index is 1.44. The maximum absolute atomic E-state index is 12.6. The number of aromatic nitrogens is 2. The number of anilines is 1. The molecular formula is C23H23N3O4. The number of ether oxygens (including phenoxy) is 2. The molecule has 7 nitrogen and oxygen atoms in total. The van der Waals surface area contributed by atoms with Crippen molar-refractivity contribution in [2.75, 3.05) is 12.4 Å². The first-order valence-electron chi connectivity index (χ1n) is 9.88. The lowest BCUT2D eigenvalue weighted by Gasteiger charge is -2.14. The summed E-state index contributed by atoms with van der Waals surface area (Å²) in [6, 6.07) is 15.2. The van der Waals surface area contributed by atoms with E-state index in [0.717, 1.165) is 24.9 Å². The molecule has 2 aromatic carbocycles. The molecule has 0 radical (unpaired) electrons. The van der Waals surface area contributed by atoms with Gasteiger partial charge in [-0.05, 0) is 61.6 Å². The number of benzene rings is 2. The molecule has 0 unspecified atom stereocenters. The molecule has 0 fully saturated rings. The second-order valence-electron chi connectivity index (χ2n) is 7.20. The molecule has 1 atom stereocenters. The van der Waals surface area contributed by atoms with Crippen LogP contribution in [0.2, 0.25) is 0 Å². The Labute approximate surface area is 174 Å². The minimum Gasteiger partial charge on any atom is -0.493 e. The van der Waals surface area contributed by atoms with Crippen molar-refractivity contribution in [1.82, 2.24) is 9.78 Å². The molecule has 0 bridgehead atoms. The van der Waals surface area contributed by atoms with Crippen molar-refractivity contribution in [2.24, 2.45) is 0 Å². The maximum atomic E-state index is 12.6. The zero-order valence-corrected chi connectivity index (χ0v) is 16.9. The van der Waals surface area contributed by atoms with Crippen LogP contribution in [0.4, 0.5) is 5.69 Å². The first-order valence-corrected chi connectivity index (χ1v) is 9.88. The average Bonchev–Trinajstić information content (AvgIpc) is 3.40. The van der Waals surface area contributed by atoms with Gasteiger partial charge in [-0.3, -0.25) is 4.79 Å². The van der Waals surface area contributed by atoms with Gasteiger partial charge >= 0.3 is 5.97 Å². The van der Waals surface area contributed by atoms with Crippen LogP contribution < -0.4 is 10.1 Å². The van der Waals surface area contributed by atoms with E-state index in [1.165, 1.54) is 29.8 Å². The number of carbonyl (C=O) groups is 2. The highest BCUT2D eigenvalue weighted by molar-refractivity contribution is 5.97. The Morgan fingerprint density at radius 3 is 2.63 bits per heavy atom. The van der Waals surface area contributed by atoms with Gasteiger partial charge in [0.15, 0.2) is 11.9 Å². The van der Waals surface area contributed by atoms with Crippen LogP contribution in [0.5, 0.6) is 5.75 Å². The van der Waals surface area contributed by atoms with Crippen molar-refractivity contribution in [3.8, 4) is 11.4 Å². The fraction of sp³-hybridized carbons (Fsp3) is 0.261. The number of nitrogens with zero attached hydrogens (tertiary/aromatic N) is 2. The van der Waals surface area contributed by atoms with Crippen LogP contribution >= 0.6 is 0 Å². The molecule has 0 aliphatic heterocycles. The van der Waals surface area contributed by atoms with E-state index in [2.05, 4.69) is 10.4 Å². The van der Waals surface area contributed by atoms with Gasteiger partial charge < -0.3 is 14.8 Å². The Morgan fingerprint density at radius 1 is 1.10 bits per heavy atom. The van der Waals surface area contributed by atoms with Crippen LogP contribution in [0.25, 0.3) is 5.69 Å². The predicted octanol–water partition coefficient (Wildman–Crippen LogP) is 3.55. The minimum atomic E-state index is -0.989. The molecule has 4 rings (SSSR count). The maximum Gasteiger partial charge on any atom is 0.363 e. The van der Waals surface area contributed by atoms with Crippen molar-refractivity contribution in [2.45, 2.75) is 32.3 Å². The van der Waals surface area contributed by atoms with Gasteiger partial charge in [0.25, 0.3) is 5.91 Å². The fourth-order valence-corrected chi connectivity index (χ4v) is 3.53. The van der Waals surface area contributed by atoms with Gasteiger partial charge in [-0.1, -0.05) is 24.3 Å².